The molecule has 1 saturated heterocycles. The van der Waals surface area contributed by atoms with E-state index in [4.69, 9.17) is 9.47 Å². The lowest BCUT2D eigenvalue weighted by Gasteiger charge is -2.63. The molecule has 0 aromatic carbocycles. The topological polar surface area (TPSA) is 76.0 Å². The second-order valence-corrected chi connectivity index (χ2v) is 14.0. The van der Waals surface area contributed by atoms with Crippen LogP contribution in [0.2, 0.25) is 0 Å². The predicted octanol–water partition coefficient (Wildman–Crippen LogP) is 4.33. The zero-order valence-corrected chi connectivity index (χ0v) is 21.4. The molecule has 0 radical (unpaired) electrons. The number of fused-ring (bicyclic) bond motifs is 4. The van der Waals surface area contributed by atoms with E-state index in [1.807, 2.05) is 0 Å². The molecule has 2 N–H and O–H groups in total. The Bertz CT molecular complexity index is 870. The van der Waals surface area contributed by atoms with Gasteiger partial charge in [0.1, 0.15) is 0 Å². The smallest absolute Gasteiger partial charge is 0.334 e. The van der Waals surface area contributed by atoms with E-state index in [2.05, 4.69) is 34.6 Å². The highest BCUT2D eigenvalue weighted by molar-refractivity contribution is 5.74. The van der Waals surface area contributed by atoms with Crippen LogP contribution in [-0.4, -0.2) is 47.7 Å². The van der Waals surface area contributed by atoms with Crippen molar-refractivity contribution < 1.29 is 24.5 Å². The van der Waals surface area contributed by atoms with Crippen LogP contribution in [0.5, 0.6) is 0 Å². The van der Waals surface area contributed by atoms with E-state index in [0.29, 0.717) is 35.0 Å². The Kier molecular flexibility index (Phi) is 4.53. The Labute approximate surface area is 199 Å². The molecule has 5 saturated carbocycles. The molecule has 33 heavy (non-hydrogen) atoms. The monoisotopic (exact) mass is 460 g/mol. The molecule has 5 nitrogen and oxygen atoms in total. The number of rotatable bonds is 1. The van der Waals surface area contributed by atoms with Crippen molar-refractivity contribution in [2.45, 2.75) is 110 Å². The third kappa shape index (κ3) is 2.34. The highest BCUT2D eigenvalue weighted by Crippen LogP contribution is 2.89. The highest BCUT2D eigenvalue weighted by Gasteiger charge is 2.84. The van der Waals surface area contributed by atoms with Crippen LogP contribution in [0.3, 0.4) is 0 Å². The van der Waals surface area contributed by atoms with Gasteiger partial charge in [-0.25, -0.2) is 4.79 Å². The van der Waals surface area contributed by atoms with Crippen molar-refractivity contribution in [2.75, 3.05) is 7.11 Å². The molecule has 0 amide bonds. The molecule has 6 rings (SSSR count). The quantitative estimate of drug-likeness (QED) is 0.570. The average molecular weight is 461 g/mol. The first-order valence-electron chi connectivity index (χ1n) is 13.5. The number of aliphatic hydroxyl groups excluding tert-OH is 2. The summed E-state index contributed by atoms with van der Waals surface area (Å²) in [6.45, 7) is 11.7. The summed E-state index contributed by atoms with van der Waals surface area (Å²) in [5, 5.41) is 22.9. The largest absolute Gasteiger partial charge is 0.467 e. The van der Waals surface area contributed by atoms with E-state index in [1.54, 1.807) is 0 Å². The average Bonchev–Trinajstić information content (AvgIpc) is 3.41. The molecule has 2 spiro atoms. The van der Waals surface area contributed by atoms with Crippen molar-refractivity contribution in [3.05, 3.63) is 0 Å². The molecule has 6 aliphatic rings. The maximum Gasteiger partial charge on any atom is 0.334 e. The van der Waals surface area contributed by atoms with Gasteiger partial charge in [0.05, 0.1) is 25.4 Å². The molecule has 5 heteroatoms. The van der Waals surface area contributed by atoms with E-state index in [0.717, 1.165) is 32.1 Å². The Morgan fingerprint density at radius 1 is 0.970 bits per heavy atom. The van der Waals surface area contributed by atoms with E-state index in [9.17, 15) is 15.0 Å². The zero-order valence-electron chi connectivity index (χ0n) is 21.4. The van der Waals surface area contributed by atoms with Gasteiger partial charge in [0.2, 0.25) is 0 Å². The number of esters is 1. The van der Waals surface area contributed by atoms with E-state index >= 15 is 0 Å². The Balaban J connectivity index is 1.39. The number of ether oxygens (including phenoxy) is 2. The van der Waals surface area contributed by atoms with Crippen LogP contribution in [0.15, 0.2) is 0 Å². The zero-order chi connectivity index (χ0) is 23.8. The Hall–Kier alpha value is -0.650. The molecular formula is C28H44O5. The summed E-state index contributed by atoms with van der Waals surface area (Å²) in [4.78, 5) is 12.4. The number of hydrogen-bond donors (Lipinski definition) is 2. The van der Waals surface area contributed by atoms with Crippen molar-refractivity contribution in [3.63, 3.8) is 0 Å². The lowest BCUT2D eigenvalue weighted by molar-refractivity contribution is -0.184. The number of aliphatic hydroxyl groups is 2. The van der Waals surface area contributed by atoms with Crippen molar-refractivity contribution in [3.8, 4) is 0 Å². The summed E-state index contributed by atoms with van der Waals surface area (Å²) in [6.07, 6.45) is 7.09. The normalized spacial score (nSPS) is 60.5. The van der Waals surface area contributed by atoms with Gasteiger partial charge in [0.25, 0.3) is 0 Å². The van der Waals surface area contributed by atoms with Crippen molar-refractivity contribution in [2.24, 2.45) is 50.7 Å². The van der Waals surface area contributed by atoms with Crippen molar-refractivity contribution in [1.82, 2.24) is 0 Å². The summed E-state index contributed by atoms with van der Waals surface area (Å²) in [7, 11) is 1.42. The van der Waals surface area contributed by atoms with Crippen LogP contribution >= 0.6 is 0 Å². The fraction of sp³-hybridized carbons (Fsp3) is 0.964. The van der Waals surface area contributed by atoms with Gasteiger partial charge in [-0.05, 0) is 96.7 Å². The standard InChI is InChI=1S/C28H44O5/c1-15-13-16(23(31)32-6)33-21-20(15)25(4)11-12-28-14-27(28)10-9-19(29)24(2,3)17(27)7-8-18(28)26(25,5)22(21)30/h15-22,29-30H,7-14H2,1-6H3. The molecule has 0 aromatic rings. The summed E-state index contributed by atoms with van der Waals surface area (Å²) in [5.41, 5.74) is 0.420. The van der Waals surface area contributed by atoms with Gasteiger partial charge in [-0.3, -0.25) is 0 Å². The summed E-state index contributed by atoms with van der Waals surface area (Å²) in [5.74, 6) is 1.35. The minimum Gasteiger partial charge on any atom is -0.467 e. The van der Waals surface area contributed by atoms with Gasteiger partial charge < -0.3 is 19.7 Å². The minimum atomic E-state index is -0.564. The van der Waals surface area contributed by atoms with E-state index in [1.165, 1.54) is 20.0 Å². The molecule has 6 fully saturated rings. The predicted molar refractivity (Wildman–Crippen MR) is 124 cm³/mol. The first kappa shape index (κ1) is 22.8. The number of carbonyl (C=O) groups is 1. The molecule has 1 heterocycles. The fourth-order valence-electron chi connectivity index (χ4n) is 11.6. The van der Waals surface area contributed by atoms with Gasteiger partial charge in [-0.2, -0.15) is 0 Å². The first-order valence-corrected chi connectivity index (χ1v) is 13.5. The Morgan fingerprint density at radius 2 is 1.64 bits per heavy atom. The van der Waals surface area contributed by atoms with E-state index < -0.39 is 12.2 Å². The Morgan fingerprint density at radius 3 is 2.33 bits per heavy atom. The van der Waals surface area contributed by atoms with E-state index in [-0.39, 0.29) is 40.3 Å². The van der Waals surface area contributed by atoms with Gasteiger partial charge in [-0.15, -0.1) is 0 Å². The van der Waals surface area contributed by atoms with Gasteiger partial charge >= 0.3 is 5.97 Å². The molecule has 12 atom stereocenters. The summed E-state index contributed by atoms with van der Waals surface area (Å²) in [6, 6.07) is 0. The van der Waals surface area contributed by atoms with Crippen LogP contribution in [0, 0.1) is 50.7 Å². The molecule has 12 unspecified atom stereocenters. The lowest BCUT2D eigenvalue weighted by Crippen LogP contribution is -2.59. The van der Waals surface area contributed by atoms with Crippen molar-refractivity contribution in [1.29, 1.82) is 0 Å². The maximum atomic E-state index is 12.4. The second kappa shape index (κ2) is 6.56. The van der Waals surface area contributed by atoms with Crippen molar-refractivity contribution >= 4 is 5.97 Å². The third-order valence-corrected chi connectivity index (χ3v) is 13.2. The van der Waals surface area contributed by atoms with Crippen LogP contribution in [0.25, 0.3) is 0 Å². The molecule has 0 bridgehead atoms. The third-order valence-electron chi connectivity index (χ3n) is 13.2. The highest BCUT2D eigenvalue weighted by atomic mass is 16.6. The number of carbonyl (C=O) groups excluding carboxylic acids is 1. The van der Waals surface area contributed by atoms with Gasteiger partial charge in [-0.1, -0.05) is 34.6 Å². The van der Waals surface area contributed by atoms with Crippen LogP contribution in [-0.2, 0) is 14.3 Å². The van der Waals surface area contributed by atoms with Gasteiger partial charge in [0, 0.05) is 5.41 Å². The maximum absolute atomic E-state index is 12.4. The SMILES string of the molecule is COC(=O)C1CC(C)C2C(O1)C(O)C1(C)C3CCC4C(C)(C)C(O)CCC45CC35CCC21C. The first-order chi connectivity index (χ1) is 15.4. The molecule has 0 aromatic heterocycles. The molecule has 186 valence electrons. The van der Waals surface area contributed by atoms with Gasteiger partial charge in [0.15, 0.2) is 6.10 Å². The summed E-state index contributed by atoms with van der Waals surface area (Å²) < 4.78 is 11.4. The molecular weight excluding hydrogens is 416 g/mol. The summed E-state index contributed by atoms with van der Waals surface area (Å²) >= 11 is 0. The molecule has 1 aliphatic heterocycles. The minimum absolute atomic E-state index is 0.00776. The van der Waals surface area contributed by atoms with Crippen LogP contribution < -0.4 is 0 Å². The second-order valence-electron chi connectivity index (χ2n) is 14.0. The van der Waals surface area contributed by atoms with Crippen LogP contribution in [0.1, 0.15) is 86.0 Å². The fourth-order valence-corrected chi connectivity index (χ4v) is 11.6. The van der Waals surface area contributed by atoms with Crippen LogP contribution in [0.4, 0.5) is 0 Å². The lowest BCUT2D eigenvalue weighted by atomic mass is 9.41. The number of methoxy groups -OCH3 is 1. The molecule has 5 aliphatic carbocycles. The number of hydrogen-bond acceptors (Lipinski definition) is 5.